The lowest BCUT2D eigenvalue weighted by Crippen LogP contribution is -2.28. The summed E-state index contributed by atoms with van der Waals surface area (Å²) in [6, 6.07) is 0. The largest absolute Gasteiger partial charge is 0.411 e. The van der Waals surface area contributed by atoms with E-state index in [2.05, 4.69) is 14.7 Å². The van der Waals surface area contributed by atoms with Crippen LogP contribution in [-0.2, 0) is 24.0 Å². The van der Waals surface area contributed by atoms with E-state index in [1.165, 1.54) is 0 Å². The average Bonchev–Trinajstić information content (AvgIpc) is 2.74. The van der Waals surface area contributed by atoms with Crippen molar-refractivity contribution >= 4 is 0 Å². The van der Waals surface area contributed by atoms with Crippen molar-refractivity contribution in [1.29, 1.82) is 0 Å². The number of imidazole rings is 1. The second-order valence-corrected chi connectivity index (χ2v) is 5.01. The minimum Gasteiger partial charge on any atom is -0.372 e. The van der Waals surface area contributed by atoms with Crippen LogP contribution in [0.15, 0.2) is 0 Å². The molecule has 0 bridgehead atoms. The Morgan fingerprint density at radius 2 is 1.90 bits per heavy atom. The molecule has 1 aromatic rings. The van der Waals surface area contributed by atoms with Gasteiger partial charge in [0.1, 0.15) is 12.4 Å². The van der Waals surface area contributed by atoms with Gasteiger partial charge < -0.3 is 9.72 Å². The van der Waals surface area contributed by atoms with Crippen LogP contribution in [0.1, 0.15) is 23.6 Å². The molecule has 0 amide bonds. The molecule has 1 aromatic heterocycles. The number of aryl methyl sites for hydroxylation is 1. The van der Waals surface area contributed by atoms with Crippen LogP contribution in [0, 0.1) is 5.92 Å². The number of aromatic amines is 1. The minimum atomic E-state index is -4.39. The summed E-state index contributed by atoms with van der Waals surface area (Å²) in [7, 11) is 0. The highest BCUT2D eigenvalue weighted by Gasteiger charge is 2.42. The van der Waals surface area contributed by atoms with E-state index < -0.39 is 24.9 Å². The SMILES string of the molecule is FC(F)(F)COCCc1nc2c([nH]1)CC(C(F)(F)F)CC2. The van der Waals surface area contributed by atoms with Gasteiger partial charge in [0, 0.05) is 18.5 Å². The van der Waals surface area contributed by atoms with Gasteiger partial charge in [0.15, 0.2) is 0 Å². The molecule has 1 aliphatic carbocycles. The molecule has 0 aromatic carbocycles. The van der Waals surface area contributed by atoms with Gasteiger partial charge in [-0.25, -0.2) is 4.98 Å². The number of fused-ring (bicyclic) bond motifs is 1. The quantitative estimate of drug-likeness (QED) is 0.684. The van der Waals surface area contributed by atoms with E-state index in [1.54, 1.807) is 0 Å². The van der Waals surface area contributed by atoms with Gasteiger partial charge in [0.25, 0.3) is 0 Å². The average molecular weight is 316 g/mol. The normalized spacial score (nSPS) is 19.6. The molecule has 1 atom stereocenters. The summed E-state index contributed by atoms with van der Waals surface area (Å²) in [4.78, 5) is 6.88. The molecular formula is C12H14F6N2O. The maximum atomic E-state index is 12.6. The lowest BCUT2D eigenvalue weighted by Gasteiger charge is -2.23. The van der Waals surface area contributed by atoms with Gasteiger partial charge >= 0.3 is 12.4 Å². The molecule has 1 N–H and O–H groups in total. The maximum absolute atomic E-state index is 12.6. The first-order chi connectivity index (χ1) is 9.65. The molecule has 21 heavy (non-hydrogen) atoms. The van der Waals surface area contributed by atoms with E-state index >= 15 is 0 Å². The monoisotopic (exact) mass is 316 g/mol. The number of ether oxygens (including phenoxy) is 1. The fraction of sp³-hybridized carbons (Fsp3) is 0.750. The smallest absolute Gasteiger partial charge is 0.372 e. The Balaban J connectivity index is 1.87. The number of rotatable bonds is 4. The lowest BCUT2D eigenvalue weighted by molar-refractivity contribution is -0.177. The van der Waals surface area contributed by atoms with Gasteiger partial charge in [0.05, 0.1) is 18.2 Å². The van der Waals surface area contributed by atoms with E-state index in [-0.39, 0.29) is 32.3 Å². The standard InChI is InChI=1S/C12H14F6N2O/c13-11(14,15)6-21-4-3-10-19-8-2-1-7(12(16,17)18)5-9(8)20-10/h7H,1-6H2,(H,19,20). The third kappa shape index (κ3) is 4.62. The summed E-state index contributed by atoms with van der Waals surface area (Å²) in [6.45, 7) is -1.53. The van der Waals surface area contributed by atoms with Crippen LogP contribution in [0.3, 0.4) is 0 Å². The number of nitrogens with one attached hydrogen (secondary N) is 1. The second kappa shape index (κ2) is 5.86. The Labute approximate surface area is 116 Å². The minimum absolute atomic E-state index is 0.00856. The Bertz CT molecular complexity index is 479. The first-order valence-electron chi connectivity index (χ1n) is 6.43. The van der Waals surface area contributed by atoms with Crippen LogP contribution in [0.2, 0.25) is 0 Å². The topological polar surface area (TPSA) is 37.9 Å². The van der Waals surface area contributed by atoms with Crippen LogP contribution in [-0.4, -0.2) is 35.5 Å². The first-order valence-corrected chi connectivity index (χ1v) is 6.43. The number of hydrogen-bond acceptors (Lipinski definition) is 2. The van der Waals surface area contributed by atoms with Crippen LogP contribution in [0.4, 0.5) is 26.3 Å². The fourth-order valence-electron chi connectivity index (χ4n) is 2.29. The Kier molecular flexibility index (Phi) is 4.50. The van der Waals surface area contributed by atoms with Gasteiger partial charge in [-0.1, -0.05) is 0 Å². The molecule has 120 valence electrons. The van der Waals surface area contributed by atoms with Crippen molar-refractivity contribution in [2.75, 3.05) is 13.2 Å². The van der Waals surface area contributed by atoms with Crippen LogP contribution >= 0.6 is 0 Å². The van der Waals surface area contributed by atoms with Crippen molar-refractivity contribution in [3.8, 4) is 0 Å². The number of halogens is 6. The van der Waals surface area contributed by atoms with Crippen molar-refractivity contribution < 1.29 is 31.1 Å². The molecule has 2 rings (SSSR count). The van der Waals surface area contributed by atoms with Gasteiger partial charge in [-0.2, -0.15) is 26.3 Å². The highest BCUT2D eigenvalue weighted by Crippen LogP contribution is 2.36. The summed E-state index contributed by atoms with van der Waals surface area (Å²) in [6.07, 6.45) is -8.46. The summed E-state index contributed by atoms with van der Waals surface area (Å²) in [5.41, 5.74) is 0.996. The van der Waals surface area contributed by atoms with Crippen molar-refractivity contribution in [2.24, 2.45) is 5.92 Å². The van der Waals surface area contributed by atoms with Crippen LogP contribution in [0.5, 0.6) is 0 Å². The molecular weight excluding hydrogens is 302 g/mol. The zero-order valence-electron chi connectivity index (χ0n) is 10.9. The molecule has 0 aliphatic heterocycles. The molecule has 0 saturated carbocycles. The molecule has 1 aliphatic rings. The highest BCUT2D eigenvalue weighted by molar-refractivity contribution is 5.19. The summed E-state index contributed by atoms with van der Waals surface area (Å²) >= 11 is 0. The van der Waals surface area contributed by atoms with Gasteiger partial charge in [0.2, 0.25) is 0 Å². The third-order valence-electron chi connectivity index (χ3n) is 3.31. The molecule has 3 nitrogen and oxygen atoms in total. The van der Waals surface area contributed by atoms with Crippen molar-refractivity contribution in [2.45, 2.75) is 38.0 Å². The molecule has 9 heteroatoms. The second-order valence-electron chi connectivity index (χ2n) is 5.01. The van der Waals surface area contributed by atoms with E-state index in [4.69, 9.17) is 0 Å². The molecule has 1 unspecified atom stereocenters. The summed E-state index contributed by atoms with van der Waals surface area (Å²) < 4.78 is 78.0. The number of nitrogens with zero attached hydrogens (tertiary/aromatic N) is 1. The Hall–Kier alpha value is -1.25. The van der Waals surface area contributed by atoms with E-state index in [0.29, 0.717) is 17.2 Å². The van der Waals surface area contributed by atoms with Crippen molar-refractivity contribution in [3.05, 3.63) is 17.2 Å². The van der Waals surface area contributed by atoms with Crippen molar-refractivity contribution in [3.63, 3.8) is 0 Å². The van der Waals surface area contributed by atoms with Crippen molar-refractivity contribution in [1.82, 2.24) is 9.97 Å². The zero-order valence-corrected chi connectivity index (χ0v) is 10.9. The molecule has 0 radical (unpaired) electrons. The number of alkyl halides is 6. The number of aromatic nitrogens is 2. The maximum Gasteiger partial charge on any atom is 0.411 e. The number of H-pyrrole nitrogens is 1. The molecule has 0 spiro atoms. The van der Waals surface area contributed by atoms with E-state index in [0.717, 1.165) is 0 Å². The third-order valence-corrected chi connectivity index (χ3v) is 3.31. The summed E-state index contributed by atoms with van der Waals surface area (Å²) in [5.74, 6) is -1.02. The number of hydrogen-bond donors (Lipinski definition) is 1. The molecule has 1 heterocycles. The van der Waals surface area contributed by atoms with E-state index in [1.807, 2.05) is 0 Å². The molecule has 0 fully saturated rings. The Morgan fingerprint density at radius 3 is 2.52 bits per heavy atom. The zero-order chi connectivity index (χ0) is 15.7. The Morgan fingerprint density at radius 1 is 1.19 bits per heavy atom. The molecule has 0 saturated heterocycles. The van der Waals surface area contributed by atoms with Gasteiger partial charge in [-0.3, -0.25) is 0 Å². The lowest BCUT2D eigenvalue weighted by atomic mass is 9.89. The summed E-state index contributed by atoms with van der Waals surface area (Å²) in [5, 5.41) is 0. The highest BCUT2D eigenvalue weighted by atomic mass is 19.4. The van der Waals surface area contributed by atoms with Crippen LogP contribution < -0.4 is 0 Å². The first kappa shape index (κ1) is 16.1. The van der Waals surface area contributed by atoms with Crippen LogP contribution in [0.25, 0.3) is 0 Å². The van der Waals surface area contributed by atoms with Gasteiger partial charge in [-0.15, -0.1) is 0 Å². The van der Waals surface area contributed by atoms with E-state index in [9.17, 15) is 26.3 Å². The predicted molar refractivity (Wildman–Crippen MR) is 60.7 cm³/mol. The predicted octanol–water partition coefficient (Wildman–Crippen LogP) is 3.20. The van der Waals surface area contributed by atoms with Gasteiger partial charge in [-0.05, 0) is 12.8 Å². The fourth-order valence-corrected chi connectivity index (χ4v) is 2.29.